The molecular formula is C4H2N6O3. The summed E-state index contributed by atoms with van der Waals surface area (Å²) in [6.45, 7) is 0. The number of aromatic nitrogens is 5. The highest BCUT2D eigenvalue weighted by molar-refractivity contribution is 5.60. The highest BCUT2D eigenvalue weighted by Crippen LogP contribution is 2.22. The Morgan fingerprint density at radius 1 is 1.54 bits per heavy atom. The second-order valence-electron chi connectivity index (χ2n) is 2.05. The number of nitrogens with zero attached hydrogens (tertiary/aromatic N) is 5. The first-order chi connectivity index (χ1) is 6.29. The van der Waals surface area contributed by atoms with Crippen LogP contribution in [0.5, 0.6) is 0 Å². The van der Waals surface area contributed by atoms with Gasteiger partial charge in [0.1, 0.15) is 5.69 Å². The van der Waals surface area contributed by atoms with Crippen LogP contribution in [0.3, 0.4) is 0 Å². The van der Waals surface area contributed by atoms with Gasteiger partial charge in [-0.25, -0.2) is 0 Å². The van der Waals surface area contributed by atoms with Crippen molar-refractivity contribution in [1.29, 1.82) is 0 Å². The van der Waals surface area contributed by atoms with E-state index in [0.29, 0.717) is 0 Å². The van der Waals surface area contributed by atoms with Gasteiger partial charge >= 0.3 is 5.82 Å². The van der Waals surface area contributed by atoms with Crippen molar-refractivity contribution < 1.29 is 9.55 Å². The molecule has 0 unspecified atom stereocenters. The Morgan fingerprint density at radius 2 is 2.38 bits per heavy atom. The molecule has 0 fully saturated rings. The van der Waals surface area contributed by atoms with Crippen molar-refractivity contribution in [2.45, 2.75) is 0 Å². The molecule has 9 heteroatoms. The number of nitrogens with one attached hydrogen (secondary N) is 1. The number of H-pyrrole nitrogens is 1. The van der Waals surface area contributed by atoms with Crippen LogP contribution in [0.2, 0.25) is 0 Å². The van der Waals surface area contributed by atoms with E-state index >= 15 is 0 Å². The quantitative estimate of drug-likeness (QED) is 0.502. The zero-order chi connectivity index (χ0) is 9.26. The normalized spacial score (nSPS) is 10.2. The molecule has 1 N–H and O–H groups in total. The van der Waals surface area contributed by atoms with Gasteiger partial charge in [-0.2, -0.15) is 15.4 Å². The Morgan fingerprint density at radius 3 is 3.00 bits per heavy atom. The second kappa shape index (κ2) is 2.62. The smallest absolute Gasteiger partial charge is 0.358 e. The van der Waals surface area contributed by atoms with E-state index in [0.717, 1.165) is 0 Å². The summed E-state index contributed by atoms with van der Waals surface area (Å²) in [6, 6.07) is 0. The van der Waals surface area contributed by atoms with E-state index in [-0.39, 0.29) is 11.4 Å². The Hall–Kier alpha value is -2.32. The average molecular weight is 182 g/mol. The predicted molar refractivity (Wildman–Crippen MR) is 36.3 cm³/mol. The second-order valence-corrected chi connectivity index (χ2v) is 2.05. The average Bonchev–Trinajstić information content (AvgIpc) is 2.74. The van der Waals surface area contributed by atoms with E-state index in [9.17, 15) is 10.1 Å². The highest BCUT2D eigenvalue weighted by Gasteiger charge is 2.25. The maximum Gasteiger partial charge on any atom is 0.444 e. The molecule has 0 saturated carbocycles. The molecular weight excluding hydrogens is 180 g/mol. The van der Waals surface area contributed by atoms with Crippen LogP contribution in [0, 0.1) is 10.1 Å². The largest absolute Gasteiger partial charge is 0.444 e. The molecule has 9 nitrogen and oxygen atoms in total. The molecule has 0 bridgehead atoms. The predicted octanol–water partition coefficient (Wildman–Crippen LogP) is -0.237. The minimum atomic E-state index is -0.708. The molecule has 0 atom stereocenters. The van der Waals surface area contributed by atoms with Gasteiger partial charge in [0.2, 0.25) is 5.69 Å². The van der Waals surface area contributed by atoms with Crippen molar-refractivity contribution in [1.82, 2.24) is 25.7 Å². The van der Waals surface area contributed by atoms with Crippen LogP contribution >= 0.6 is 0 Å². The Balaban J connectivity index is 2.52. The van der Waals surface area contributed by atoms with E-state index in [1.807, 2.05) is 0 Å². The molecule has 0 saturated heterocycles. The maximum absolute atomic E-state index is 10.4. The summed E-state index contributed by atoms with van der Waals surface area (Å²) < 4.78 is 4.21. The van der Waals surface area contributed by atoms with Gasteiger partial charge in [0, 0.05) is 0 Å². The van der Waals surface area contributed by atoms with E-state index in [2.05, 4.69) is 30.4 Å². The molecule has 2 aromatic heterocycles. The van der Waals surface area contributed by atoms with Crippen molar-refractivity contribution >= 4 is 5.82 Å². The summed E-state index contributed by atoms with van der Waals surface area (Å²) in [5.41, 5.74) is 0.173. The Labute approximate surface area is 69.9 Å². The van der Waals surface area contributed by atoms with Crippen molar-refractivity contribution in [3.63, 3.8) is 0 Å². The maximum atomic E-state index is 10.4. The van der Waals surface area contributed by atoms with Crippen molar-refractivity contribution in [2.24, 2.45) is 0 Å². The first kappa shape index (κ1) is 7.34. The molecule has 0 aromatic carbocycles. The summed E-state index contributed by atoms with van der Waals surface area (Å²) in [7, 11) is 0. The first-order valence-electron chi connectivity index (χ1n) is 3.12. The lowest BCUT2D eigenvalue weighted by molar-refractivity contribution is -0.390. The van der Waals surface area contributed by atoms with Crippen LogP contribution in [-0.2, 0) is 0 Å². The molecule has 66 valence electrons. The Kier molecular flexibility index (Phi) is 1.48. The van der Waals surface area contributed by atoms with Gasteiger partial charge in [0.25, 0.3) is 0 Å². The molecule has 0 amide bonds. The van der Waals surface area contributed by atoms with E-state index in [1.165, 1.54) is 6.20 Å². The van der Waals surface area contributed by atoms with Gasteiger partial charge in [-0.15, -0.1) is 4.63 Å². The standard InChI is InChI=1S/C4H2N6O3/c11-10(12)4-3(7-13-8-4)2-1-5-9-6-2/h1H,(H,5,6,9). The van der Waals surface area contributed by atoms with Crippen LogP contribution < -0.4 is 0 Å². The number of aromatic amines is 1. The molecule has 0 radical (unpaired) electrons. The zero-order valence-electron chi connectivity index (χ0n) is 6.04. The van der Waals surface area contributed by atoms with Crippen molar-refractivity contribution in [3.8, 4) is 11.4 Å². The fourth-order valence-corrected chi connectivity index (χ4v) is 0.781. The fraction of sp³-hybridized carbons (Fsp3) is 0. The summed E-state index contributed by atoms with van der Waals surface area (Å²) in [5, 5.41) is 26.2. The first-order valence-corrected chi connectivity index (χ1v) is 3.12. The molecule has 13 heavy (non-hydrogen) atoms. The fourth-order valence-electron chi connectivity index (χ4n) is 0.781. The molecule has 0 spiro atoms. The number of nitro groups is 1. The SMILES string of the molecule is O=[N+]([O-])c1nonc1-c1cn[nH]n1. The third-order valence-electron chi connectivity index (χ3n) is 1.30. The van der Waals surface area contributed by atoms with Gasteiger partial charge < -0.3 is 10.1 Å². The monoisotopic (exact) mass is 182 g/mol. The van der Waals surface area contributed by atoms with Crippen LogP contribution in [0.25, 0.3) is 11.4 Å². The van der Waals surface area contributed by atoms with Crippen LogP contribution in [0.4, 0.5) is 5.82 Å². The van der Waals surface area contributed by atoms with Gasteiger partial charge in [-0.3, -0.25) is 0 Å². The van der Waals surface area contributed by atoms with Crippen LogP contribution in [-0.4, -0.2) is 30.6 Å². The van der Waals surface area contributed by atoms with Crippen molar-refractivity contribution in [3.05, 3.63) is 16.3 Å². The molecule has 2 heterocycles. The summed E-state index contributed by atoms with van der Waals surface area (Å²) in [5.74, 6) is -0.478. The van der Waals surface area contributed by atoms with Crippen LogP contribution in [0.1, 0.15) is 0 Å². The molecule has 0 aliphatic rings. The molecule has 2 aromatic rings. The third kappa shape index (κ3) is 1.11. The molecule has 2 rings (SSSR count). The number of rotatable bonds is 2. The molecule has 0 aliphatic carbocycles. The Bertz CT molecular complexity index is 419. The summed E-state index contributed by atoms with van der Waals surface area (Å²) in [4.78, 5) is 9.65. The number of hydrogen-bond acceptors (Lipinski definition) is 7. The lowest BCUT2D eigenvalue weighted by Crippen LogP contribution is -1.91. The summed E-state index contributed by atoms with van der Waals surface area (Å²) in [6.07, 6.45) is 1.28. The van der Waals surface area contributed by atoms with Gasteiger partial charge in [-0.1, -0.05) is 0 Å². The van der Waals surface area contributed by atoms with E-state index in [1.54, 1.807) is 0 Å². The minimum absolute atomic E-state index is 0.0428. The lowest BCUT2D eigenvalue weighted by atomic mass is 10.3. The topological polar surface area (TPSA) is 124 Å². The van der Waals surface area contributed by atoms with Crippen molar-refractivity contribution in [2.75, 3.05) is 0 Å². The third-order valence-corrected chi connectivity index (χ3v) is 1.30. The highest BCUT2D eigenvalue weighted by atomic mass is 16.6. The molecule has 0 aliphatic heterocycles. The van der Waals surface area contributed by atoms with E-state index < -0.39 is 10.7 Å². The summed E-state index contributed by atoms with van der Waals surface area (Å²) >= 11 is 0. The zero-order valence-corrected chi connectivity index (χ0v) is 6.04. The van der Waals surface area contributed by atoms with Gasteiger partial charge in [0.15, 0.2) is 5.16 Å². The van der Waals surface area contributed by atoms with E-state index in [4.69, 9.17) is 0 Å². The van der Waals surface area contributed by atoms with Crippen LogP contribution in [0.15, 0.2) is 10.8 Å². The van der Waals surface area contributed by atoms with Gasteiger partial charge in [-0.05, 0) is 10.1 Å². The lowest BCUT2D eigenvalue weighted by Gasteiger charge is -1.86. The minimum Gasteiger partial charge on any atom is -0.358 e. The number of hydrogen-bond donors (Lipinski definition) is 1. The van der Waals surface area contributed by atoms with Gasteiger partial charge in [0.05, 0.1) is 6.20 Å².